The van der Waals surface area contributed by atoms with Crippen LogP contribution in [0, 0.1) is 11.7 Å². The summed E-state index contributed by atoms with van der Waals surface area (Å²) in [5, 5.41) is 7.22. The zero-order valence-corrected chi connectivity index (χ0v) is 16.4. The van der Waals surface area contributed by atoms with Crippen LogP contribution in [0.4, 0.5) is 4.39 Å². The maximum Gasteiger partial charge on any atom is 0.191 e. The number of nitrogens with zero attached hydrogens (tertiary/aromatic N) is 2. The Morgan fingerprint density at radius 1 is 1.46 bits per heavy atom. The van der Waals surface area contributed by atoms with Crippen LogP contribution in [0.1, 0.15) is 31.9 Å². The Labute approximate surface area is 160 Å². The highest BCUT2D eigenvalue weighted by molar-refractivity contribution is 6.31. The molecule has 1 aliphatic carbocycles. The lowest BCUT2D eigenvalue weighted by atomic mass is 10.0. The lowest BCUT2D eigenvalue weighted by Gasteiger charge is -2.38. The predicted octanol–water partition coefficient (Wildman–Crippen LogP) is 2.81. The second-order valence-corrected chi connectivity index (χ2v) is 7.65. The number of benzene rings is 1. The van der Waals surface area contributed by atoms with Gasteiger partial charge in [-0.3, -0.25) is 9.89 Å². The van der Waals surface area contributed by atoms with Gasteiger partial charge >= 0.3 is 0 Å². The Morgan fingerprint density at radius 2 is 2.23 bits per heavy atom. The Kier molecular flexibility index (Phi) is 6.37. The zero-order chi connectivity index (χ0) is 18.7. The van der Waals surface area contributed by atoms with Crippen molar-refractivity contribution in [2.45, 2.75) is 38.5 Å². The van der Waals surface area contributed by atoms with Crippen molar-refractivity contribution < 1.29 is 9.13 Å². The van der Waals surface area contributed by atoms with Crippen LogP contribution in [0.2, 0.25) is 5.02 Å². The molecule has 26 heavy (non-hydrogen) atoms. The first kappa shape index (κ1) is 19.4. The van der Waals surface area contributed by atoms with Gasteiger partial charge in [-0.1, -0.05) is 24.6 Å². The first-order valence-corrected chi connectivity index (χ1v) is 9.64. The van der Waals surface area contributed by atoms with E-state index in [0.29, 0.717) is 35.7 Å². The molecule has 144 valence electrons. The van der Waals surface area contributed by atoms with Crippen LogP contribution in [0.25, 0.3) is 0 Å². The highest BCUT2D eigenvalue weighted by Gasteiger charge is 2.34. The molecule has 4 unspecified atom stereocenters. The zero-order valence-electron chi connectivity index (χ0n) is 15.6. The second kappa shape index (κ2) is 8.55. The normalized spacial score (nSPS) is 27.9. The molecular formula is C19H28ClFN4O. The largest absolute Gasteiger partial charge is 0.376 e. The van der Waals surface area contributed by atoms with Crippen molar-refractivity contribution in [3.63, 3.8) is 0 Å². The van der Waals surface area contributed by atoms with Gasteiger partial charge in [-0.15, -0.1) is 0 Å². The van der Waals surface area contributed by atoms with Crippen molar-refractivity contribution >= 4 is 17.6 Å². The van der Waals surface area contributed by atoms with Crippen molar-refractivity contribution in [1.82, 2.24) is 15.5 Å². The summed E-state index contributed by atoms with van der Waals surface area (Å²) in [5.74, 6) is 1.14. The SMILES string of the molecule is CN=C(NCC(c1c(F)cccc1Cl)N1CCOC(C)C1)NC1CC1C. The summed E-state index contributed by atoms with van der Waals surface area (Å²) in [6.07, 6.45) is 1.27. The first-order valence-electron chi connectivity index (χ1n) is 9.26. The van der Waals surface area contributed by atoms with E-state index < -0.39 is 0 Å². The number of halogens is 2. The van der Waals surface area contributed by atoms with Gasteiger partial charge in [-0.2, -0.15) is 0 Å². The van der Waals surface area contributed by atoms with Gasteiger partial charge in [0, 0.05) is 43.3 Å². The Hall–Kier alpha value is -1.37. The van der Waals surface area contributed by atoms with Gasteiger partial charge in [0.25, 0.3) is 0 Å². The smallest absolute Gasteiger partial charge is 0.191 e. The molecule has 7 heteroatoms. The summed E-state index contributed by atoms with van der Waals surface area (Å²) in [5.41, 5.74) is 0.533. The molecule has 5 nitrogen and oxygen atoms in total. The van der Waals surface area contributed by atoms with E-state index in [1.807, 2.05) is 6.92 Å². The van der Waals surface area contributed by atoms with Crippen molar-refractivity contribution in [2.75, 3.05) is 33.3 Å². The fourth-order valence-corrected chi connectivity index (χ4v) is 3.75. The first-order chi connectivity index (χ1) is 12.5. The van der Waals surface area contributed by atoms with E-state index in [1.165, 1.54) is 6.07 Å². The molecule has 0 radical (unpaired) electrons. The maximum atomic E-state index is 14.6. The topological polar surface area (TPSA) is 48.9 Å². The molecule has 2 aliphatic rings. The number of nitrogens with one attached hydrogen (secondary N) is 2. The maximum absolute atomic E-state index is 14.6. The minimum absolute atomic E-state index is 0.113. The highest BCUT2D eigenvalue weighted by Crippen LogP contribution is 2.31. The van der Waals surface area contributed by atoms with Crippen LogP contribution in [-0.2, 0) is 4.74 Å². The van der Waals surface area contributed by atoms with Crippen LogP contribution in [-0.4, -0.2) is 56.3 Å². The quantitative estimate of drug-likeness (QED) is 0.607. The van der Waals surface area contributed by atoms with Crippen LogP contribution < -0.4 is 10.6 Å². The molecule has 0 spiro atoms. The summed E-state index contributed by atoms with van der Waals surface area (Å²) < 4.78 is 20.3. The predicted molar refractivity (Wildman–Crippen MR) is 103 cm³/mol. The number of rotatable bonds is 5. The van der Waals surface area contributed by atoms with Gasteiger partial charge in [0.05, 0.1) is 18.8 Å². The lowest BCUT2D eigenvalue weighted by molar-refractivity contribution is -0.0343. The van der Waals surface area contributed by atoms with Gasteiger partial charge in [-0.05, 0) is 31.4 Å². The standard InChI is InChI=1S/C19H28ClFN4O/c1-12-9-16(12)24-19(22-3)23-10-17(25-7-8-26-13(2)11-25)18-14(20)5-4-6-15(18)21/h4-6,12-13,16-17H,7-11H2,1-3H3,(H2,22,23,24). The summed E-state index contributed by atoms with van der Waals surface area (Å²) in [6.45, 7) is 6.89. The fourth-order valence-electron chi connectivity index (χ4n) is 3.46. The van der Waals surface area contributed by atoms with Crippen molar-refractivity contribution in [3.05, 3.63) is 34.6 Å². The van der Waals surface area contributed by atoms with E-state index in [2.05, 4.69) is 27.4 Å². The van der Waals surface area contributed by atoms with E-state index in [4.69, 9.17) is 16.3 Å². The van der Waals surface area contributed by atoms with E-state index in [0.717, 1.165) is 25.5 Å². The van der Waals surface area contributed by atoms with Gasteiger partial charge in [0.15, 0.2) is 5.96 Å². The average Bonchev–Trinajstić information content (AvgIpc) is 3.31. The van der Waals surface area contributed by atoms with Crippen LogP contribution in [0.15, 0.2) is 23.2 Å². The van der Waals surface area contributed by atoms with E-state index >= 15 is 0 Å². The van der Waals surface area contributed by atoms with Crippen molar-refractivity contribution in [1.29, 1.82) is 0 Å². The molecule has 1 aromatic rings. The number of hydrogen-bond acceptors (Lipinski definition) is 3. The van der Waals surface area contributed by atoms with Gasteiger partial charge in [0.1, 0.15) is 5.82 Å². The third kappa shape index (κ3) is 4.67. The van der Waals surface area contributed by atoms with Crippen molar-refractivity contribution in [2.24, 2.45) is 10.9 Å². The Bertz CT molecular complexity index is 636. The molecule has 1 heterocycles. The molecule has 2 fully saturated rings. The monoisotopic (exact) mass is 382 g/mol. The third-order valence-corrected chi connectivity index (χ3v) is 5.49. The van der Waals surface area contributed by atoms with Crippen LogP contribution in [0.3, 0.4) is 0 Å². The molecule has 4 atom stereocenters. The summed E-state index contributed by atoms with van der Waals surface area (Å²) >= 11 is 6.37. The Morgan fingerprint density at radius 3 is 2.85 bits per heavy atom. The van der Waals surface area contributed by atoms with Gasteiger partial charge in [-0.25, -0.2) is 4.39 Å². The highest BCUT2D eigenvalue weighted by atomic mass is 35.5. The second-order valence-electron chi connectivity index (χ2n) is 7.24. The summed E-state index contributed by atoms with van der Waals surface area (Å²) in [7, 11) is 1.75. The molecule has 0 amide bonds. The van der Waals surface area contributed by atoms with Gasteiger partial charge in [0.2, 0.25) is 0 Å². The molecule has 1 aromatic carbocycles. The minimum atomic E-state index is -0.276. The molecule has 1 saturated carbocycles. The number of morpholine rings is 1. The Balaban J connectivity index is 1.76. The molecule has 1 aliphatic heterocycles. The molecule has 0 aromatic heterocycles. The minimum Gasteiger partial charge on any atom is -0.376 e. The van der Waals surface area contributed by atoms with Crippen LogP contribution >= 0.6 is 11.6 Å². The van der Waals surface area contributed by atoms with Crippen LogP contribution in [0.5, 0.6) is 0 Å². The average molecular weight is 383 g/mol. The molecule has 1 saturated heterocycles. The van der Waals surface area contributed by atoms with Gasteiger partial charge < -0.3 is 15.4 Å². The number of aliphatic imine (C=N–C) groups is 1. The number of guanidine groups is 1. The number of ether oxygens (including phenoxy) is 1. The fraction of sp³-hybridized carbons (Fsp3) is 0.632. The number of hydrogen-bond donors (Lipinski definition) is 2. The molecule has 0 bridgehead atoms. The summed E-state index contributed by atoms with van der Waals surface area (Å²) in [6, 6.07) is 5.14. The van der Waals surface area contributed by atoms with E-state index in [9.17, 15) is 4.39 Å². The lowest BCUT2D eigenvalue weighted by Crippen LogP contribution is -2.48. The molecule has 2 N–H and O–H groups in total. The van der Waals surface area contributed by atoms with Crippen molar-refractivity contribution in [3.8, 4) is 0 Å². The summed E-state index contributed by atoms with van der Waals surface area (Å²) in [4.78, 5) is 6.53. The molecule has 3 rings (SSSR count). The van der Waals surface area contributed by atoms with E-state index in [1.54, 1.807) is 19.2 Å². The van der Waals surface area contributed by atoms with E-state index in [-0.39, 0.29) is 18.0 Å². The molecular weight excluding hydrogens is 355 g/mol. The third-order valence-electron chi connectivity index (χ3n) is 5.16.